The molecule has 0 saturated carbocycles. The van der Waals surface area contributed by atoms with Crippen LogP contribution in [0.1, 0.15) is 59.8 Å². The highest BCUT2D eigenvalue weighted by molar-refractivity contribution is 5.67. The number of hydrogen-bond donors (Lipinski definition) is 0. The first-order valence-corrected chi connectivity index (χ1v) is 17.1. The fourth-order valence-electron chi connectivity index (χ4n) is 3.52. The van der Waals surface area contributed by atoms with Crippen molar-refractivity contribution in [3.05, 3.63) is 0 Å². The highest BCUT2D eigenvalue weighted by Gasteiger charge is 2.19. The summed E-state index contributed by atoms with van der Waals surface area (Å²) in [5.41, 5.74) is -0.507. The first-order chi connectivity index (χ1) is 22.4. The molecule has 46 heavy (non-hydrogen) atoms. The van der Waals surface area contributed by atoms with Crippen LogP contribution in [0.25, 0.3) is 0 Å². The van der Waals surface area contributed by atoms with Crippen molar-refractivity contribution in [3.63, 3.8) is 0 Å². The summed E-state index contributed by atoms with van der Waals surface area (Å²) in [6, 6.07) is 0. The van der Waals surface area contributed by atoms with E-state index in [-0.39, 0.29) is 6.09 Å². The van der Waals surface area contributed by atoms with Crippen molar-refractivity contribution in [2.45, 2.75) is 65.4 Å². The van der Waals surface area contributed by atoms with Gasteiger partial charge in [-0.25, -0.2) is 4.79 Å². The summed E-state index contributed by atoms with van der Waals surface area (Å²) in [4.78, 5) is 13.3. The maximum absolute atomic E-state index is 11.9. The van der Waals surface area contributed by atoms with Gasteiger partial charge in [0.15, 0.2) is 0 Å². The van der Waals surface area contributed by atoms with Gasteiger partial charge in [0, 0.05) is 20.2 Å². The van der Waals surface area contributed by atoms with Crippen LogP contribution in [0.15, 0.2) is 0 Å². The van der Waals surface area contributed by atoms with Crippen molar-refractivity contribution in [1.82, 2.24) is 4.90 Å². The second kappa shape index (κ2) is 35.2. The van der Waals surface area contributed by atoms with Gasteiger partial charge in [-0.2, -0.15) is 0 Å². The second-order valence-electron chi connectivity index (χ2n) is 11.4. The molecule has 0 aromatic heterocycles. The Morgan fingerprint density at radius 3 is 1.02 bits per heavy atom. The van der Waals surface area contributed by atoms with Crippen LogP contribution < -0.4 is 0 Å². The normalized spacial score (nSPS) is 11.8. The molecule has 0 aliphatic rings. The lowest BCUT2D eigenvalue weighted by Gasteiger charge is -2.24. The first-order valence-electron chi connectivity index (χ1n) is 17.1. The minimum atomic E-state index is -0.507. The van der Waals surface area contributed by atoms with Gasteiger partial charge in [-0.1, -0.05) is 32.6 Å². The molecule has 0 aromatic carbocycles. The monoisotopic (exact) mass is 669 g/mol. The van der Waals surface area contributed by atoms with E-state index in [1.54, 1.807) is 7.05 Å². The topological polar surface area (TPSA) is 122 Å². The Hall–Kier alpha value is -1.13. The standard InChI is InChI=1S/C33H67NO12/c1-6-7-8-9-10-12-36-14-16-38-18-20-40-22-24-42-26-28-44-30-31-45-29-27-43-25-23-41-21-19-39-17-15-37-13-11-34(5)32(35)46-33(2,3)4/h6-31H2,1-5H3. The van der Waals surface area contributed by atoms with Crippen molar-refractivity contribution >= 4 is 6.09 Å². The van der Waals surface area contributed by atoms with Crippen LogP contribution in [0.5, 0.6) is 0 Å². The highest BCUT2D eigenvalue weighted by Crippen LogP contribution is 2.08. The molecule has 0 rings (SSSR count). The van der Waals surface area contributed by atoms with Crippen molar-refractivity contribution in [1.29, 1.82) is 0 Å². The molecule has 0 N–H and O–H groups in total. The van der Waals surface area contributed by atoms with Gasteiger partial charge in [-0.05, 0) is 27.2 Å². The summed E-state index contributed by atoms with van der Waals surface area (Å²) in [6.07, 6.45) is 5.90. The van der Waals surface area contributed by atoms with Gasteiger partial charge >= 0.3 is 6.09 Å². The third-order valence-electron chi connectivity index (χ3n) is 6.02. The molecule has 0 fully saturated rings. The molecule has 0 aliphatic carbocycles. The molecule has 13 heteroatoms. The fourth-order valence-corrected chi connectivity index (χ4v) is 3.52. The molecule has 0 atom stereocenters. The summed E-state index contributed by atoms with van der Waals surface area (Å²) < 4.78 is 60.2. The summed E-state index contributed by atoms with van der Waals surface area (Å²) in [7, 11) is 1.68. The predicted octanol–water partition coefficient (Wildman–Crippen LogP) is 3.99. The van der Waals surface area contributed by atoms with E-state index < -0.39 is 5.60 Å². The zero-order chi connectivity index (χ0) is 33.8. The Morgan fingerprint density at radius 1 is 0.435 bits per heavy atom. The van der Waals surface area contributed by atoms with Crippen LogP contribution in [-0.4, -0.2) is 162 Å². The van der Waals surface area contributed by atoms with Gasteiger partial charge in [0.1, 0.15) is 5.60 Å². The average Bonchev–Trinajstić information content (AvgIpc) is 3.02. The van der Waals surface area contributed by atoms with E-state index in [4.69, 9.17) is 52.1 Å². The van der Waals surface area contributed by atoms with Gasteiger partial charge in [-0.15, -0.1) is 0 Å². The third-order valence-corrected chi connectivity index (χ3v) is 6.02. The Labute approximate surface area is 279 Å². The molecular formula is C33H67NO12. The number of nitrogens with zero attached hydrogens (tertiary/aromatic N) is 1. The van der Waals surface area contributed by atoms with E-state index >= 15 is 0 Å². The number of amides is 1. The van der Waals surface area contributed by atoms with Gasteiger partial charge in [0.2, 0.25) is 0 Å². The molecule has 13 nitrogen and oxygen atoms in total. The molecule has 276 valence electrons. The predicted molar refractivity (Wildman–Crippen MR) is 176 cm³/mol. The summed E-state index contributed by atoms with van der Waals surface area (Å²) in [6.45, 7) is 18.8. The number of unbranched alkanes of at least 4 members (excludes halogenated alkanes) is 4. The van der Waals surface area contributed by atoms with Crippen molar-refractivity contribution in [2.75, 3.05) is 146 Å². The third kappa shape index (κ3) is 37.3. The van der Waals surface area contributed by atoms with E-state index in [0.717, 1.165) is 13.0 Å². The summed E-state index contributed by atoms with van der Waals surface area (Å²) >= 11 is 0. The maximum atomic E-state index is 11.9. The number of hydrogen-bond acceptors (Lipinski definition) is 12. The minimum absolute atomic E-state index is 0.361. The molecule has 0 aliphatic heterocycles. The number of likely N-dealkylation sites (N-methyl/N-ethyl adjacent to an activating group) is 1. The first kappa shape index (κ1) is 44.9. The van der Waals surface area contributed by atoms with E-state index in [1.807, 2.05) is 20.8 Å². The Morgan fingerprint density at radius 2 is 0.717 bits per heavy atom. The van der Waals surface area contributed by atoms with Crippen molar-refractivity contribution in [2.24, 2.45) is 0 Å². The number of carbonyl (C=O) groups excluding carboxylic acids is 1. The van der Waals surface area contributed by atoms with E-state index in [9.17, 15) is 4.79 Å². The average molecular weight is 670 g/mol. The quantitative estimate of drug-likeness (QED) is 0.0897. The van der Waals surface area contributed by atoms with E-state index in [0.29, 0.717) is 132 Å². The molecule has 0 spiro atoms. The van der Waals surface area contributed by atoms with Gasteiger partial charge in [-0.3, -0.25) is 0 Å². The SMILES string of the molecule is CCCCCCCOCCOCCOCCOCCOCCOCCOCCOCCOCCOCCN(C)C(=O)OC(C)(C)C. The lowest BCUT2D eigenvalue weighted by Crippen LogP contribution is -2.36. The van der Waals surface area contributed by atoms with E-state index in [2.05, 4.69) is 6.92 Å². The van der Waals surface area contributed by atoms with Gasteiger partial charge in [0.25, 0.3) is 0 Å². The zero-order valence-corrected chi connectivity index (χ0v) is 29.7. The lowest BCUT2D eigenvalue weighted by atomic mass is 10.2. The van der Waals surface area contributed by atoms with Crippen molar-refractivity contribution in [3.8, 4) is 0 Å². The summed E-state index contributed by atoms with van der Waals surface area (Å²) in [5, 5.41) is 0. The van der Waals surface area contributed by atoms with Crippen LogP contribution in [-0.2, 0) is 52.1 Å². The van der Waals surface area contributed by atoms with Crippen LogP contribution >= 0.6 is 0 Å². The molecule has 0 heterocycles. The molecular weight excluding hydrogens is 602 g/mol. The molecule has 0 unspecified atom stereocenters. The largest absolute Gasteiger partial charge is 0.444 e. The Bertz CT molecular complexity index is 624. The van der Waals surface area contributed by atoms with Gasteiger partial charge < -0.3 is 57.0 Å². The van der Waals surface area contributed by atoms with Crippen LogP contribution in [0.3, 0.4) is 0 Å². The van der Waals surface area contributed by atoms with E-state index in [1.165, 1.54) is 30.6 Å². The maximum Gasteiger partial charge on any atom is 0.410 e. The van der Waals surface area contributed by atoms with Gasteiger partial charge in [0.05, 0.1) is 126 Å². The number of carbonyl (C=O) groups is 1. The van der Waals surface area contributed by atoms with Crippen LogP contribution in [0, 0.1) is 0 Å². The van der Waals surface area contributed by atoms with Crippen molar-refractivity contribution < 1.29 is 56.9 Å². The molecule has 0 saturated heterocycles. The lowest BCUT2D eigenvalue weighted by molar-refractivity contribution is -0.0267. The Balaban J connectivity index is 3.14. The summed E-state index contributed by atoms with van der Waals surface area (Å²) in [5.74, 6) is 0. The smallest absolute Gasteiger partial charge is 0.410 e. The fraction of sp³-hybridized carbons (Fsp3) is 0.970. The van der Waals surface area contributed by atoms with Crippen LogP contribution in [0.2, 0.25) is 0 Å². The number of ether oxygens (including phenoxy) is 11. The van der Waals surface area contributed by atoms with Crippen LogP contribution in [0.4, 0.5) is 4.79 Å². The Kier molecular flexibility index (Phi) is 34.3. The molecule has 0 radical (unpaired) electrons. The molecule has 0 aromatic rings. The molecule has 1 amide bonds. The number of rotatable bonds is 36. The molecule has 0 bridgehead atoms. The highest BCUT2D eigenvalue weighted by atomic mass is 16.6. The second-order valence-corrected chi connectivity index (χ2v) is 11.4. The zero-order valence-electron chi connectivity index (χ0n) is 29.7. The minimum Gasteiger partial charge on any atom is -0.444 e.